The van der Waals surface area contributed by atoms with E-state index in [1.807, 2.05) is 6.07 Å². The molecule has 2 aromatic rings. The van der Waals surface area contributed by atoms with Crippen LogP contribution in [-0.4, -0.2) is 9.91 Å². The maximum atomic E-state index is 10.6. The van der Waals surface area contributed by atoms with Crippen molar-refractivity contribution in [2.24, 2.45) is 0 Å². The molecule has 0 aliphatic rings. The van der Waals surface area contributed by atoms with Crippen molar-refractivity contribution in [1.29, 1.82) is 5.26 Å². The highest BCUT2D eigenvalue weighted by atomic mass is 16.6. The first-order valence-corrected chi connectivity index (χ1v) is 5.48. The van der Waals surface area contributed by atoms with Crippen LogP contribution in [0.3, 0.4) is 0 Å². The standard InChI is InChI=1S/C14H9N3O2/c15-10-12(9-13-3-1-2-8-16-13)11-4-6-14(7-5-11)17(18)19/h1-9H/b12-9-. The number of allylic oxidation sites excluding steroid dienone is 1. The maximum absolute atomic E-state index is 10.6. The minimum atomic E-state index is -0.474. The van der Waals surface area contributed by atoms with E-state index in [1.54, 1.807) is 36.5 Å². The van der Waals surface area contributed by atoms with Crippen molar-refractivity contribution in [3.05, 3.63) is 70.0 Å². The average molecular weight is 251 g/mol. The lowest BCUT2D eigenvalue weighted by molar-refractivity contribution is -0.384. The van der Waals surface area contributed by atoms with E-state index in [9.17, 15) is 10.1 Å². The summed E-state index contributed by atoms with van der Waals surface area (Å²) in [6.45, 7) is 0. The van der Waals surface area contributed by atoms with E-state index in [0.717, 1.165) is 0 Å². The molecule has 0 saturated carbocycles. The summed E-state index contributed by atoms with van der Waals surface area (Å²) in [6, 6.07) is 13.3. The molecule has 0 unspecified atom stereocenters. The van der Waals surface area contributed by atoms with Gasteiger partial charge in [0.05, 0.1) is 22.3 Å². The van der Waals surface area contributed by atoms with Crippen LogP contribution in [0.1, 0.15) is 11.3 Å². The molecule has 0 aliphatic heterocycles. The van der Waals surface area contributed by atoms with Gasteiger partial charge in [0, 0.05) is 18.3 Å². The second kappa shape index (κ2) is 5.56. The fraction of sp³-hybridized carbons (Fsp3) is 0. The summed E-state index contributed by atoms with van der Waals surface area (Å²) in [5.41, 5.74) is 1.70. The summed E-state index contributed by atoms with van der Waals surface area (Å²) in [5, 5.41) is 19.7. The van der Waals surface area contributed by atoms with Gasteiger partial charge in [-0.3, -0.25) is 15.1 Å². The zero-order valence-electron chi connectivity index (χ0n) is 9.85. The Morgan fingerprint density at radius 1 is 1.26 bits per heavy atom. The zero-order valence-corrected chi connectivity index (χ0v) is 9.85. The fourth-order valence-electron chi connectivity index (χ4n) is 1.55. The first-order valence-electron chi connectivity index (χ1n) is 5.48. The molecule has 92 valence electrons. The number of nitro groups is 1. The van der Waals surface area contributed by atoms with Crippen LogP contribution in [-0.2, 0) is 0 Å². The Hall–Kier alpha value is -3.00. The van der Waals surface area contributed by atoms with Crippen LogP contribution in [0.5, 0.6) is 0 Å². The van der Waals surface area contributed by atoms with E-state index >= 15 is 0 Å². The van der Waals surface area contributed by atoms with Gasteiger partial charge in [0.2, 0.25) is 0 Å². The van der Waals surface area contributed by atoms with Crippen molar-refractivity contribution in [1.82, 2.24) is 4.98 Å². The van der Waals surface area contributed by atoms with E-state index in [-0.39, 0.29) is 5.69 Å². The number of hydrogen-bond acceptors (Lipinski definition) is 4. The van der Waals surface area contributed by atoms with E-state index in [0.29, 0.717) is 16.8 Å². The number of pyridine rings is 1. The van der Waals surface area contributed by atoms with Crippen molar-refractivity contribution in [2.45, 2.75) is 0 Å². The minimum Gasteiger partial charge on any atom is -0.258 e. The predicted molar refractivity (Wildman–Crippen MR) is 70.8 cm³/mol. The fourth-order valence-corrected chi connectivity index (χ4v) is 1.55. The van der Waals surface area contributed by atoms with Gasteiger partial charge in [0.1, 0.15) is 0 Å². The average Bonchev–Trinajstić information content (AvgIpc) is 2.46. The molecule has 0 aliphatic carbocycles. The van der Waals surface area contributed by atoms with Gasteiger partial charge in [0.25, 0.3) is 5.69 Å². The first kappa shape index (κ1) is 12.5. The normalized spacial score (nSPS) is 10.8. The molecule has 5 nitrogen and oxygen atoms in total. The number of nitrogens with zero attached hydrogens (tertiary/aromatic N) is 3. The molecule has 0 bridgehead atoms. The van der Waals surface area contributed by atoms with Crippen LogP contribution in [0.4, 0.5) is 5.69 Å². The van der Waals surface area contributed by atoms with Crippen LogP contribution in [0.2, 0.25) is 0 Å². The van der Waals surface area contributed by atoms with Gasteiger partial charge in [-0.15, -0.1) is 0 Å². The van der Waals surface area contributed by atoms with Gasteiger partial charge >= 0.3 is 0 Å². The Morgan fingerprint density at radius 2 is 2.00 bits per heavy atom. The third-order valence-corrected chi connectivity index (χ3v) is 2.49. The van der Waals surface area contributed by atoms with Crippen LogP contribution >= 0.6 is 0 Å². The lowest BCUT2D eigenvalue weighted by atomic mass is 10.1. The van der Waals surface area contributed by atoms with Gasteiger partial charge in [0.15, 0.2) is 0 Å². The third kappa shape index (κ3) is 3.01. The second-order valence-electron chi connectivity index (χ2n) is 3.73. The van der Waals surface area contributed by atoms with E-state index in [4.69, 9.17) is 5.26 Å². The summed E-state index contributed by atoms with van der Waals surface area (Å²) in [5.74, 6) is 0. The highest BCUT2D eigenvalue weighted by molar-refractivity contribution is 5.89. The van der Waals surface area contributed by atoms with Crippen molar-refractivity contribution in [3.63, 3.8) is 0 Å². The molecule has 2 rings (SSSR count). The Bertz CT molecular complexity index is 655. The number of hydrogen-bond donors (Lipinski definition) is 0. The molecule has 19 heavy (non-hydrogen) atoms. The SMILES string of the molecule is N#C/C(=C/c1ccccn1)c1ccc([N+](=O)[O-])cc1. The Balaban J connectivity index is 2.36. The number of nitro benzene ring substituents is 1. The minimum absolute atomic E-state index is 0.00104. The van der Waals surface area contributed by atoms with Crippen LogP contribution < -0.4 is 0 Å². The second-order valence-corrected chi connectivity index (χ2v) is 3.73. The van der Waals surface area contributed by atoms with Gasteiger partial charge in [-0.25, -0.2) is 0 Å². The molecule has 0 N–H and O–H groups in total. The quantitative estimate of drug-likeness (QED) is 0.477. The van der Waals surface area contributed by atoms with Gasteiger partial charge in [-0.1, -0.05) is 6.07 Å². The molecule has 0 atom stereocenters. The lowest BCUT2D eigenvalue weighted by Crippen LogP contribution is -1.89. The highest BCUT2D eigenvalue weighted by Crippen LogP contribution is 2.20. The first-order chi connectivity index (χ1) is 9.20. The van der Waals surface area contributed by atoms with E-state index in [1.165, 1.54) is 12.1 Å². The number of nitriles is 1. The third-order valence-electron chi connectivity index (χ3n) is 2.49. The van der Waals surface area contributed by atoms with Crippen LogP contribution in [0.15, 0.2) is 48.7 Å². The van der Waals surface area contributed by atoms with E-state index < -0.39 is 4.92 Å². The molecule has 0 radical (unpaired) electrons. The molecule has 0 spiro atoms. The predicted octanol–water partition coefficient (Wildman–Crippen LogP) is 3.05. The topological polar surface area (TPSA) is 79.8 Å². The molecule has 1 aromatic carbocycles. The number of benzene rings is 1. The lowest BCUT2D eigenvalue weighted by Gasteiger charge is -1.99. The van der Waals surface area contributed by atoms with Crippen molar-refractivity contribution < 1.29 is 4.92 Å². The zero-order chi connectivity index (χ0) is 13.7. The molecular formula is C14H9N3O2. The molecule has 5 heteroatoms. The molecule has 0 saturated heterocycles. The number of aromatic nitrogens is 1. The van der Waals surface area contributed by atoms with Gasteiger partial charge in [-0.2, -0.15) is 5.26 Å². The molecular weight excluding hydrogens is 242 g/mol. The van der Waals surface area contributed by atoms with Crippen molar-refractivity contribution in [3.8, 4) is 6.07 Å². The van der Waals surface area contributed by atoms with Crippen molar-refractivity contribution >= 4 is 17.3 Å². The molecule has 1 aromatic heterocycles. The summed E-state index contributed by atoms with van der Waals surface area (Å²) >= 11 is 0. The monoisotopic (exact) mass is 251 g/mol. The Labute approximate surface area is 109 Å². The van der Waals surface area contributed by atoms with Crippen LogP contribution in [0, 0.1) is 21.4 Å². The Kier molecular flexibility index (Phi) is 3.64. The number of non-ortho nitro benzene ring substituents is 1. The summed E-state index contributed by atoms with van der Waals surface area (Å²) in [6.07, 6.45) is 3.28. The number of rotatable bonds is 3. The molecule has 0 fully saturated rings. The summed E-state index contributed by atoms with van der Waals surface area (Å²) < 4.78 is 0. The Morgan fingerprint density at radius 3 is 2.53 bits per heavy atom. The van der Waals surface area contributed by atoms with Crippen molar-refractivity contribution in [2.75, 3.05) is 0 Å². The smallest absolute Gasteiger partial charge is 0.258 e. The van der Waals surface area contributed by atoms with Gasteiger partial charge < -0.3 is 0 Å². The van der Waals surface area contributed by atoms with E-state index in [2.05, 4.69) is 11.1 Å². The largest absolute Gasteiger partial charge is 0.269 e. The summed E-state index contributed by atoms with van der Waals surface area (Å²) in [4.78, 5) is 14.2. The molecule has 1 heterocycles. The maximum Gasteiger partial charge on any atom is 0.269 e. The van der Waals surface area contributed by atoms with Gasteiger partial charge in [-0.05, 0) is 35.9 Å². The summed E-state index contributed by atoms with van der Waals surface area (Å²) in [7, 11) is 0. The van der Waals surface area contributed by atoms with Crippen LogP contribution in [0.25, 0.3) is 11.6 Å². The molecule has 0 amide bonds. The highest BCUT2D eigenvalue weighted by Gasteiger charge is 2.06.